The van der Waals surface area contributed by atoms with Crippen molar-refractivity contribution in [2.45, 2.75) is 27.3 Å². The summed E-state index contributed by atoms with van der Waals surface area (Å²) < 4.78 is 0. The fourth-order valence-electron chi connectivity index (χ4n) is 1.42. The number of hydrogen-bond donors (Lipinski definition) is 1. The molecule has 2 heterocycles. The van der Waals surface area contributed by atoms with Crippen LogP contribution in [0.25, 0.3) is 0 Å². The first-order chi connectivity index (χ1) is 8.05. The zero-order valence-electron chi connectivity index (χ0n) is 10.5. The highest BCUT2D eigenvalue weighted by Crippen LogP contribution is 2.26. The van der Waals surface area contributed by atoms with Crippen molar-refractivity contribution in [3.8, 4) is 0 Å². The van der Waals surface area contributed by atoms with Gasteiger partial charge in [0.25, 0.3) is 0 Å². The lowest BCUT2D eigenvalue weighted by Crippen LogP contribution is -2.31. The summed E-state index contributed by atoms with van der Waals surface area (Å²) >= 11 is 1.78. The van der Waals surface area contributed by atoms with Gasteiger partial charge in [-0.3, -0.25) is 15.0 Å². The van der Waals surface area contributed by atoms with Gasteiger partial charge < -0.3 is 5.32 Å². The van der Waals surface area contributed by atoms with E-state index in [4.69, 9.17) is 0 Å². The number of nitrogens with one attached hydrogen (secondary N) is 1. The molecule has 0 saturated heterocycles. The molecule has 0 bridgehead atoms. The standard InChI is InChI=1S/C12H18N4S/c1-9-4-14-10(5-13-9)6-15-11-16-7-12(2,3)8-17-11/h4-5H,6-8H2,1-3H3,(H,15,16). The molecular weight excluding hydrogens is 232 g/mol. The molecule has 4 nitrogen and oxygen atoms in total. The fourth-order valence-corrected chi connectivity index (χ4v) is 2.37. The highest BCUT2D eigenvalue weighted by molar-refractivity contribution is 8.13. The lowest BCUT2D eigenvalue weighted by atomic mass is 9.97. The molecule has 0 saturated carbocycles. The predicted molar refractivity (Wildman–Crippen MR) is 72.1 cm³/mol. The molecule has 1 aliphatic heterocycles. The van der Waals surface area contributed by atoms with E-state index in [1.807, 2.05) is 6.92 Å². The van der Waals surface area contributed by atoms with E-state index in [0.717, 1.165) is 28.9 Å². The molecule has 92 valence electrons. The largest absolute Gasteiger partial charge is 0.359 e. The molecule has 0 aliphatic carbocycles. The van der Waals surface area contributed by atoms with Gasteiger partial charge in [0.1, 0.15) is 0 Å². The van der Waals surface area contributed by atoms with E-state index in [2.05, 4.69) is 34.1 Å². The monoisotopic (exact) mass is 250 g/mol. The van der Waals surface area contributed by atoms with Crippen molar-refractivity contribution in [2.24, 2.45) is 10.4 Å². The molecule has 0 unspecified atom stereocenters. The summed E-state index contributed by atoms with van der Waals surface area (Å²) in [4.78, 5) is 13.1. The number of aryl methyl sites for hydroxylation is 1. The summed E-state index contributed by atoms with van der Waals surface area (Å²) in [6, 6.07) is 0. The van der Waals surface area contributed by atoms with Gasteiger partial charge in [-0.25, -0.2) is 0 Å². The van der Waals surface area contributed by atoms with Gasteiger partial charge in [-0.05, 0) is 12.3 Å². The summed E-state index contributed by atoms with van der Waals surface area (Å²) in [6.07, 6.45) is 3.59. The summed E-state index contributed by atoms with van der Waals surface area (Å²) in [5, 5.41) is 4.33. The topological polar surface area (TPSA) is 50.2 Å². The van der Waals surface area contributed by atoms with Crippen LogP contribution in [-0.2, 0) is 6.54 Å². The van der Waals surface area contributed by atoms with Gasteiger partial charge >= 0.3 is 0 Å². The van der Waals surface area contributed by atoms with Crippen LogP contribution in [0.2, 0.25) is 0 Å². The first-order valence-electron chi connectivity index (χ1n) is 5.74. The van der Waals surface area contributed by atoms with E-state index in [1.165, 1.54) is 0 Å². The minimum absolute atomic E-state index is 0.319. The molecule has 0 radical (unpaired) electrons. The molecule has 1 aliphatic rings. The van der Waals surface area contributed by atoms with Crippen LogP contribution >= 0.6 is 11.8 Å². The Morgan fingerprint density at radius 3 is 2.76 bits per heavy atom. The molecular formula is C12H18N4S. The van der Waals surface area contributed by atoms with Crippen LogP contribution in [-0.4, -0.2) is 27.4 Å². The van der Waals surface area contributed by atoms with Crippen LogP contribution in [0.1, 0.15) is 25.2 Å². The molecule has 0 spiro atoms. The van der Waals surface area contributed by atoms with E-state index in [0.29, 0.717) is 12.0 Å². The van der Waals surface area contributed by atoms with Crippen LogP contribution < -0.4 is 5.32 Å². The molecule has 17 heavy (non-hydrogen) atoms. The van der Waals surface area contributed by atoms with Gasteiger partial charge in [0, 0.05) is 18.5 Å². The molecule has 1 aromatic rings. The third-order valence-corrected chi connectivity index (χ3v) is 3.98. The Morgan fingerprint density at radius 1 is 1.35 bits per heavy atom. The zero-order valence-corrected chi connectivity index (χ0v) is 11.3. The van der Waals surface area contributed by atoms with Crippen molar-refractivity contribution in [3.05, 3.63) is 23.8 Å². The third-order valence-electron chi connectivity index (χ3n) is 2.51. The number of rotatable bonds is 2. The number of nitrogens with zero attached hydrogens (tertiary/aromatic N) is 3. The Bertz CT molecular complexity index is 411. The average Bonchev–Trinajstić information content (AvgIpc) is 2.30. The van der Waals surface area contributed by atoms with E-state index in [1.54, 1.807) is 24.2 Å². The summed E-state index contributed by atoms with van der Waals surface area (Å²) in [6.45, 7) is 8.01. The molecule has 0 atom stereocenters. The van der Waals surface area contributed by atoms with Gasteiger partial charge in [-0.1, -0.05) is 25.6 Å². The zero-order chi connectivity index (χ0) is 12.3. The Hall–Kier alpha value is -1.10. The lowest BCUT2D eigenvalue weighted by Gasteiger charge is -2.27. The maximum Gasteiger partial charge on any atom is 0.156 e. The molecule has 1 aromatic heterocycles. The van der Waals surface area contributed by atoms with Crippen molar-refractivity contribution in [1.82, 2.24) is 15.3 Å². The molecule has 1 N–H and O–H groups in total. The van der Waals surface area contributed by atoms with Gasteiger partial charge in [0.05, 0.1) is 24.1 Å². The molecule has 5 heteroatoms. The second kappa shape index (κ2) is 5.04. The summed E-state index contributed by atoms with van der Waals surface area (Å²) in [5.74, 6) is 1.11. The maximum atomic E-state index is 4.54. The van der Waals surface area contributed by atoms with Crippen LogP contribution in [0, 0.1) is 12.3 Å². The van der Waals surface area contributed by atoms with E-state index in [9.17, 15) is 0 Å². The predicted octanol–water partition coefficient (Wildman–Crippen LogP) is 2.00. The number of aromatic nitrogens is 2. The number of amidine groups is 1. The molecule has 2 rings (SSSR count). The normalized spacial score (nSPS) is 18.6. The minimum atomic E-state index is 0.319. The first-order valence-corrected chi connectivity index (χ1v) is 6.72. The van der Waals surface area contributed by atoms with Crippen LogP contribution in [0.3, 0.4) is 0 Å². The fraction of sp³-hybridized carbons (Fsp3) is 0.583. The van der Waals surface area contributed by atoms with Crippen molar-refractivity contribution < 1.29 is 0 Å². The van der Waals surface area contributed by atoms with Crippen molar-refractivity contribution in [3.63, 3.8) is 0 Å². The lowest BCUT2D eigenvalue weighted by molar-refractivity contribution is 0.436. The first kappa shape index (κ1) is 12.4. The Morgan fingerprint density at radius 2 is 2.18 bits per heavy atom. The SMILES string of the molecule is Cc1cnc(CNC2=NCC(C)(C)CS2)cn1. The van der Waals surface area contributed by atoms with Crippen LogP contribution in [0.5, 0.6) is 0 Å². The van der Waals surface area contributed by atoms with Crippen molar-refractivity contribution in [1.29, 1.82) is 0 Å². The Kier molecular flexibility index (Phi) is 3.66. The molecule has 0 amide bonds. The molecule has 0 fully saturated rings. The second-order valence-electron chi connectivity index (χ2n) is 5.08. The number of aliphatic imine (C=N–C) groups is 1. The van der Waals surface area contributed by atoms with Crippen LogP contribution in [0.15, 0.2) is 17.4 Å². The highest BCUT2D eigenvalue weighted by Gasteiger charge is 2.23. The average molecular weight is 250 g/mol. The van der Waals surface area contributed by atoms with Gasteiger partial charge in [0.15, 0.2) is 5.17 Å². The smallest absolute Gasteiger partial charge is 0.156 e. The van der Waals surface area contributed by atoms with E-state index < -0.39 is 0 Å². The van der Waals surface area contributed by atoms with Gasteiger partial charge in [-0.15, -0.1) is 0 Å². The number of thioether (sulfide) groups is 1. The van der Waals surface area contributed by atoms with Gasteiger partial charge in [0.2, 0.25) is 0 Å². The minimum Gasteiger partial charge on any atom is -0.359 e. The van der Waals surface area contributed by atoms with E-state index in [-0.39, 0.29) is 0 Å². The Labute approximate surface area is 106 Å². The third kappa shape index (κ3) is 3.70. The summed E-state index contributed by atoms with van der Waals surface area (Å²) in [7, 11) is 0. The second-order valence-corrected chi connectivity index (χ2v) is 6.04. The van der Waals surface area contributed by atoms with Crippen molar-refractivity contribution >= 4 is 16.9 Å². The van der Waals surface area contributed by atoms with Crippen molar-refractivity contribution in [2.75, 3.05) is 12.3 Å². The van der Waals surface area contributed by atoms with E-state index >= 15 is 0 Å². The highest BCUT2D eigenvalue weighted by atomic mass is 32.2. The van der Waals surface area contributed by atoms with Gasteiger partial charge in [-0.2, -0.15) is 0 Å². The number of hydrogen-bond acceptors (Lipinski definition) is 5. The Balaban J connectivity index is 1.87. The molecule has 0 aromatic carbocycles. The quantitative estimate of drug-likeness (QED) is 0.872. The summed E-state index contributed by atoms with van der Waals surface area (Å²) in [5.41, 5.74) is 2.21. The van der Waals surface area contributed by atoms with Crippen LogP contribution in [0.4, 0.5) is 0 Å². The maximum absolute atomic E-state index is 4.54.